The van der Waals surface area contributed by atoms with Crippen LogP contribution in [0, 0.1) is 0 Å². The summed E-state index contributed by atoms with van der Waals surface area (Å²) in [6.45, 7) is 2.97. The van der Waals surface area contributed by atoms with Crippen LogP contribution in [0.1, 0.15) is 35.8 Å². The molecule has 3 rings (SSSR count). The molecule has 0 bridgehead atoms. The van der Waals surface area contributed by atoms with Crippen LogP contribution >= 0.6 is 0 Å². The van der Waals surface area contributed by atoms with E-state index in [9.17, 15) is 9.59 Å². The summed E-state index contributed by atoms with van der Waals surface area (Å²) in [6.07, 6.45) is 5.44. The van der Waals surface area contributed by atoms with Gasteiger partial charge in [-0.3, -0.25) is 9.59 Å². The monoisotopic (exact) mass is 365 g/mol. The summed E-state index contributed by atoms with van der Waals surface area (Å²) in [5.74, 6) is -0.229. The van der Waals surface area contributed by atoms with Gasteiger partial charge in [-0.15, -0.1) is 0 Å². The third-order valence-corrected chi connectivity index (χ3v) is 4.23. The molecule has 0 fully saturated rings. The largest absolute Gasteiger partial charge is 0.336 e. The summed E-state index contributed by atoms with van der Waals surface area (Å²) in [5.41, 5.74) is 1.95. The van der Waals surface area contributed by atoms with Crippen molar-refractivity contribution in [1.29, 1.82) is 0 Å². The van der Waals surface area contributed by atoms with Gasteiger partial charge in [0.15, 0.2) is 0 Å². The minimum Gasteiger partial charge on any atom is -0.336 e. The van der Waals surface area contributed by atoms with E-state index in [-0.39, 0.29) is 17.2 Å². The Morgan fingerprint density at radius 3 is 2.67 bits per heavy atom. The molecule has 0 radical (unpaired) electrons. The smallest absolute Gasteiger partial charge is 0.274 e. The van der Waals surface area contributed by atoms with Crippen molar-refractivity contribution < 1.29 is 4.79 Å². The fraction of sp³-hybridized carbons (Fsp3) is 0.300. The van der Waals surface area contributed by atoms with Gasteiger partial charge in [0.05, 0.1) is 11.9 Å². The zero-order valence-corrected chi connectivity index (χ0v) is 15.6. The van der Waals surface area contributed by atoms with Crippen LogP contribution in [-0.2, 0) is 13.1 Å². The molecule has 0 saturated heterocycles. The number of carbonyl (C=O) groups excluding carboxylic acids is 1. The van der Waals surface area contributed by atoms with Crippen LogP contribution < -0.4 is 5.56 Å². The van der Waals surface area contributed by atoms with Crippen molar-refractivity contribution in [1.82, 2.24) is 24.5 Å². The molecule has 0 aliphatic heterocycles. The van der Waals surface area contributed by atoms with Crippen LogP contribution in [-0.4, -0.2) is 37.4 Å². The van der Waals surface area contributed by atoms with Crippen LogP contribution in [0.25, 0.3) is 5.69 Å². The predicted octanol–water partition coefficient (Wildman–Crippen LogP) is 2.50. The molecule has 3 aromatic rings. The molecular weight excluding hydrogens is 342 g/mol. The average molecular weight is 365 g/mol. The predicted molar refractivity (Wildman–Crippen MR) is 103 cm³/mol. The molecule has 140 valence electrons. The first-order valence-corrected chi connectivity index (χ1v) is 9.01. The molecule has 0 atom stereocenters. The average Bonchev–Trinajstić information content (AvgIpc) is 3.16. The Morgan fingerprint density at radius 2 is 1.93 bits per heavy atom. The number of nitrogens with zero attached hydrogens (tertiary/aromatic N) is 5. The third kappa shape index (κ3) is 4.49. The summed E-state index contributed by atoms with van der Waals surface area (Å²) < 4.78 is 3.13. The summed E-state index contributed by atoms with van der Waals surface area (Å²) in [5, 5.41) is 8.57. The number of aromatic nitrogens is 4. The fourth-order valence-corrected chi connectivity index (χ4v) is 2.74. The van der Waals surface area contributed by atoms with E-state index < -0.39 is 0 Å². The van der Waals surface area contributed by atoms with E-state index in [0.29, 0.717) is 13.1 Å². The first-order valence-electron chi connectivity index (χ1n) is 9.01. The highest BCUT2D eigenvalue weighted by Gasteiger charge is 2.16. The van der Waals surface area contributed by atoms with Gasteiger partial charge >= 0.3 is 0 Å². The van der Waals surface area contributed by atoms with Gasteiger partial charge in [0.25, 0.3) is 11.5 Å². The Balaban J connectivity index is 1.71. The van der Waals surface area contributed by atoms with Gasteiger partial charge in [0.2, 0.25) is 0 Å². The highest BCUT2D eigenvalue weighted by atomic mass is 16.2. The minimum atomic E-state index is -0.229. The van der Waals surface area contributed by atoms with Gasteiger partial charge in [-0.05, 0) is 24.6 Å². The second kappa shape index (κ2) is 8.44. The number of aryl methyl sites for hydroxylation is 1. The number of rotatable bonds is 7. The van der Waals surface area contributed by atoms with Gasteiger partial charge in [0, 0.05) is 38.0 Å². The summed E-state index contributed by atoms with van der Waals surface area (Å²) >= 11 is 0. The summed E-state index contributed by atoms with van der Waals surface area (Å²) in [6, 6.07) is 12.7. The van der Waals surface area contributed by atoms with E-state index >= 15 is 0 Å². The quantitative estimate of drug-likeness (QED) is 0.645. The number of hydrogen-bond donors (Lipinski definition) is 0. The van der Waals surface area contributed by atoms with Gasteiger partial charge in [-0.1, -0.05) is 31.5 Å². The maximum atomic E-state index is 12.7. The molecule has 2 aromatic heterocycles. The highest BCUT2D eigenvalue weighted by molar-refractivity contribution is 5.91. The number of benzene rings is 1. The topological polar surface area (TPSA) is 73.0 Å². The van der Waals surface area contributed by atoms with Crippen molar-refractivity contribution >= 4 is 5.91 Å². The standard InChI is InChI=1S/C20H23N5O2/c1-3-4-12-24-19(26)11-10-18(22-24)20(27)23(2)14-16-13-21-25(15-16)17-8-6-5-7-9-17/h5-11,13,15H,3-4,12,14H2,1-2H3. The molecule has 1 amide bonds. The van der Waals surface area contributed by atoms with E-state index in [4.69, 9.17) is 0 Å². The molecule has 7 heteroatoms. The Bertz CT molecular complexity index is 962. The molecule has 1 aromatic carbocycles. The van der Waals surface area contributed by atoms with Crippen molar-refractivity contribution in [2.75, 3.05) is 7.05 Å². The minimum absolute atomic E-state index is 0.188. The first-order chi connectivity index (χ1) is 13.1. The Hall–Kier alpha value is -3.22. The van der Waals surface area contributed by atoms with Crippen molar-refractivity contribution in [3.8, 4) is 5.69 Å². The zero-order chi connectivity index (χ0) is 19.2. The molecule has 7 nitrogen and oxygen atoms in total. The number of unbranched alkanes of at least 4 members (excludes halogenated alkanes) is 1. The molecule has 0 aliphatic rings. The van der Waals surface area contributed by atoms with E-state index in [1.807, 2.05) is 43.5 Å². The van der Waals surface area contributed by atoms with Gasteiger partial charge in [0.1, 0.15) is 5.69 Å². The Kier molecular flexibility index (Phi) is 5.80. The lowest BCUT2D eigenvalue weighted by atomic mass is 10.3. The third-order valence-electron chi connectivity index (χ3n) is 4.23. The lowest BCUT2D eigenvalue weighted by Crippen LogP contribution is -2.31. The van der Waals surface area contributed by atoms with Crippen LogP contribution in [0.15, 0.2) is 59.7 Å². The van der Waals surface area contributed by atoms with Gasteiger partial charge < -0.3 is 4.90 Å². The number of carbonyl (C=O) groups is 1. The van der Waals surface area contributed by atoms with Crippen LogP contribution in [0.5, 0.6) is 0 Å². The summed E-state index contributed by atoms with van der Waals surface area (Å²) in [4.78, 5) is 26.1. The van der Waals surface area contributed by atoms with Crippen molar-refractivity contribution in [2.24, 2.45) is 0 Å². The molecule has 0 saturated carbocycles. The fourth-order valence-electron chi connectivity index (χ4n) is 2.74. The Labute approximate surface area is 157 Å². The van der Waals surface area contributed by atoms with Crippen LogP contribution in [0.4, 0.5) is 0 Å². The van der Waals surface area contributed by atoms with Crippen LogP contribution in [0.3, 0.4) is 0 Å². The molecule has 0 unspecified atom stereocenters. The van der Waals surface area contributed by atoms with Gasteiger partial charge in [-0.25, -0.2) is 9.36 Å². The van der Waals surface area contributed by atoms with Crippen LogP contribution in [0.2, 0.25) is 0 Å². The second-order valence-electron chi connectivity index (χ2n) is 6.42. The number of para-hydroxylation sites is 1. The van der Waals surface area contributed by atoms with Crippen molar-refractivity contribution in [2.45, 2.75) is 32.9 Å². The number of hydrogen-bond acceptors (Lipinski definition) is 4. The van der Waals surface area contributed by atoms with Crippen molar-refractivity contribution in [3.05, 3.63) is 76.5 Å². The number of amides is 1. The molecular formula is C20H23N5O2. The van der Waals surface area contributed by atoms with E-state index in [2.05, 4.69) is 10.2 Å². The first kappa shape index (κ1) is 18.6. The van der Waals surface area contributed by atoms with Crippen molar-refractivity contribution in [3.63, 3.8) is 0 Å². The second-order valence-corrected chi connectivity index (χ2v) is 6.42. The van der Waals surface area contributed by atoms with E-state index in [1.54, 1.807) is 22.8 Å². The maximum absolute atomic E-state index is 12.7. The molecule has 27 heavy (non-hydrogen) atoms. The molecule has 0 N–H and O–H groups in total. The molecule has 0 spiro atoms. The SMILES string of the molecule is CCCCn1nc(C(=O)N(C)Cc2cnn(-c3ccccc3)c2)ccc1=O. The van der Waals surface area contributed by atoms with Gasteiger partial charge in [-0.2, -0.15) is 10.2 Å². The normalized spacial score (nSPS) is 10.7. The zero-order valence-electron chi connectivity index (χ0n) is 15.6. The summed E-state index contributed by atoms with van der Waals surface area (Å²) in [7, 11) is 1.71. The Morgan fingerprint density at radius 1 is 1.15 bits per heavy atom. The van der Waals surface area contributed by atoms with E-state index in [1.165, 1.54) is 16.8 Å². The van der Waals surface area contributed by atoms with E-state index in [0.717, 1.165) is 24.1 Å². The highest BCUT2D eigenvalue weighted by Crippen LogP contribution is 2.10. The maximum Gasteiger partial charge on any atom is 0.274 e. The lowest BCUT2D eigenvalue weighted by molar-refractivity contribution is 0.0776. The molecule has 2 heterocycles. The lowest BCUT2D eigenvalue weighted by Gasteiger charge is -2.16. The molecule has 0 aliphatic carbocycles.